The number of amides is 2. The summed E-state index contributed by atoms with van der Waals surface area (Å²) in [7, 11) is 0. The highest BCUT2D eigenvalue weighted by atomic mass is 16.5. The van der Waals surface area contributed by atoms with Crippen LogP contribution < -0.4 is 10.2 Å². The van der Waals surface area contributed by atoms with Crippen molar-refractivity contribution in [2.75, 3.05) is 49.6 Å². The molecular weight excluding hydrogens is 382 g/mol. The topological polar surface area (TPSA) is 79.7 Å². The lowest BCUT2D eigenvalue weighted by molar-refractivity contribution is -0.140. The molecule has 2 aliphatic heterocycles. The Bertz CT molecular complexity index is 897. The van der Waals surface area contributed by atoms with E-state index in [1.54, 1.807) is 0 Å². The Hall–Kier alpha value is -2.87. The summed E-state index contributed by atoms with van der Waals surface area (Å²) < 4.78 is 7.26. The number of nitrogens with one attached hydrogen (secondary N) is 1. The summed E-state index contributed by atoms with van der Waals surface area (Å²) in [5.74, 6) is 1.04. The molecule has 3 heterocycles. The molecule has 8 nitrogen and oxygen atoms in total. The molecule has 2 saturated heterocycles. The van der Waals surface area contributed by atoms with E-state index in [1.807, 2.05) is 46.8 Å². The predicted molar refractivity (Wildman–Crippen MR) is 115 cm³/mol. The van der Waals surface area contributed by atoms with E-state index in [0.717, 1.165) is 48.8 Å². The predicted octanol–water partition coefficient (Wildman–Crippen LogP) is 2.21. The summed E-state index contributed by atoms with van der Waals surface area (Å²) in [6.45, 7) is 7.52. The Balaban J connectivity index is 1.56. The van der Waals surface area contributed by atoms with Gasteiger partial charge in [0.2, 0.25) is 11.8 Å². The largest absolute Gasteiger partial charge is 0.378 e. The molecule has 4 rings (SSSR count). The van der Waals surface area contributed by atoms with Gasteiger partial charge in [-0.25, -0.2) is 4.68 Å². The molecular formula is C22H29N5O3. The monoisotopic (exact) mass is 411 g/mol. The molecule has 0 atom stereocenters. The third kappa shape index (κ3) is 4.18. The Labute approximate surface area is 176 Å². The summed E-state index contributed by atoms with van der Waals surface area (Å²) >= 11 is 0. The standard InChI is InChI=1S/C22H29N5O3/c1-16-20(23-17(2)28)21(27(24-16)19-6-4-3-5-7-19)25-10-8-18(9-11-25)22(29)26-12-14-30-15-13-26/h3-7,18H,8-15H2,1-2H3,(H,23,28). The second-order valence-electron chi connectivity index (χ2n) is 7.91. The molecule has 160 valence electrons. The minimum atomic E-state index is -0.121. The molecule has 2 aliphatic rings. The van der Waals surface area contributed by atoms with Crippen molar-refractivity contribution in [3.05, 3.63) is 36.0 Å². The Kier molecular flexibility index (Phi) is 6.03. The summed E-state index contributed by atoms with van der Waals surface area (Å²) in [6, 6.07) is 9.92. The van der Waals surface area contributed by atoms with Gasteiger partial charge in [0.1, 0.15) is 5.69 Å². The van der Waals surface area contributed by atoms with Gasteiger partial charge in [0.05, 0.1) is 24.6 Å². The number of rotatable bonds is 4. The Morgan fingerprint density at radius 1 is 1.07 bits per heavy atom. The maximum absolute atomic E-state index is 12.9. The molecule has 2 fully saturated rings. The van der Waals surface area contributed by atoms with Crippen LogP contribution in [0.1, 0.15) is 25.5 Å². The van der Waals surface area contributed by atoms with Crippen LogP contribution in [-0.2, 0) is 14.3 Å². The van der Waals surface area contributed by atoms with Crippen molar-refractivity contribution >= 4 is 23.3 Å². The fourth-order valence-electron chi connectivity index (χ4n) is 4.26. The number of aryl methyl sites for hydroxylation is 1. The van der Waals surface area contributed by atoms with Crippen LogP contribution in [0.5, 0.6) is 0 Å². The lowest BCUT2D eigenvalue weighted by Crippen LogP contribution is -2.47. The van der Waals surface area contributed by atoms with Crippen molar-refractivity contribution in [1.82, 2.24) is 14.7 Å². The third-order valence-corrected chi connectivity index (χ3v) is 5.80. The van der Waals surface area contributed by atoms with Crippen LogP contribution >= 0.6 is 0 Å². The van der Waals surface area contributed by atoms with Crippen LogP contribution in [0.2, 0.25) is 0 Å². The fraction of sp³-hybridized carbons (Fsp3) is 0.500. The fourth-order valence-corrected chi connectivity index (χ4v) is 4.26. The molecule has 1 aromatic carbocycles. The average Bonchev–Trinajstić information content (AvgIpc) is 3.10. The number of ether oxygens (including phenoxy) is 1. The second kappa shape index (κ2) is 8.87. The number of hydrogen-bond acceptors (Lipinski definition) is 5. The van der Waals surface area contributed by atoms with Crippen LogP contribution in [0.25, 0.3) is 5.69 Å². The zero-order valence-electron chi connectivity index (χ0n) is 17.6. The van der Waals surface area contributed by atoms with Crippen molar-refractivity contribution < 1.29 is 14.3 Å². The van der Waals surface area contributed by atoms with E-state index < -0.39 is 0 Å². The van der Waals surface area contributed by atoms with Gasteiger partial charge >= 0.3 is 0 Å². The van der Waals surface area contributed by atoms with Gasteiger partial charge < -0.3 is 19.9 Å². The Morgan fingerprint density at radius 2 is 1.73 bits per heavy atom. The number of hydrogen-bond donors (Lipinski definition) is 1. The minimum Gasteiger partial charge on any atom is -0.378 e. The van der Waals surface area contributed by atoms with E-state index in [2.05, 4.69) is 10.2 Å². The maximum Gasteiger partial charge on any atom is 0.225 e. The first-order chi connectivity index (χ1) is 14.5. The third-order valence-electron chi connectivity index (χ3n) is 5.80. The van der Waals surface area contributed by atoms with Crippen molar-refractivity contribution in [1.29, 1.82) is 0 Å². The van der Waals surface area contributed by atoms with Gasteiger partial charge in [0.15, 0.2) is 5.82 Å². The number of benzene rings is 1. The smallest absolute Gasteiger partial charge is 0.225 e. The first-order valence-corrected chi connectivity index (χ1v) is 10.6. The number of anilines is 2. The van der Waals surface area contributed by atoms with Gasteiger partial charge in [-0.3, -0.25) is 9.59 Å². The normalized spacial score (nSPS) is 17.8. The number of piperidine rings is 1. The molecule has 0 spiro atoms. The first-order valence-electron chi connectivity index (χ1n) is 10.6. The highest BCUT2D eigenvalue weighted by Crippen LogP contribution is 2.35. The number of carbonyl (C=O) groups excluding carboxylic acids is 2. The van der Waals surface area contributed by atoms with E-state index in [-0.39, 0.29) is 17.7 Å². The van der Waals surface area contributed by atoms with Gasteiger partial charge in [-0.15, -0.1) is 0 Å². The summed E-state index contributed by atoms with van der Waals surface area (Å²) in [5.41, 5.74) is 2.46. The number of aromatic nitrogens is 2. The molecule has 2 aromatic rings. The molecule has 2 amide bonds. The molecule has 0 aliphatic carbocycles. The van der Waals surface area contributed by atoms with Crippen LogP contribution in [0.15, 0.2) is 30.3 Å². The molecule has 30 heavy (non-hydrogen) atoms. The SMILES string of the molecule is CC(=O)Nc1c(C)nn(-c2ccccc2)c1N1CCC(C(=O)N2CCOCC2)CC1. The van der Waals surface area contributed by atoms with Crippen molar-refractivity contribution in [3.8, 4) is 5.69 Å². The number of nitrogens with zero attached hydrogens (tertiary/aromatic N) is 4. The molecule has 0 unspecified atom stereocenters. The van der Waals surface area contributed by atoms with Gasteiger partial charge in [-0.05, 0) is 31.9 Å². The van der Waals surface area contributed by atoms with E-state index in [0.29, 0.717) is 26.3 Å². The zero-order valence-corrected chi connectivity index (χ0v) is 17.6. The van der Waals surface area contributed by atoms with Gasteiger partial charge in [-0.2, -0.15) is 5.10 Å². The number of para-hydroxylation sites is 1. The van der Waals surface area contributed by atoms with Gasteiger partial charge in [0, 0.05) is 39.0 Å². The zero-order chi connectivity index (χ0) is 21.1. The molecule has 0 saturated carbocycles. The van der Waals surface area contributed by atoms with Crippen LogP contribution in [0.4, 0.5) is 11.5 Å². The molecule has 1 aromatic heterocycles. The number of morpholine rings is 1. The van der Waals surface area contributed by atoms with Crippen molar-refractivity contribution in [2.24, 2.45) is 5.92 Å². The summed E-state index contributed by atoms with van der Waals surface area (Å²) in [5, 5.41) is 7.67. The lowest BCUT2D eigenvalue weighted by Gasteiger charge is -2.36. The maximum atomic E-state index is 12.9. The van der Waals surface area contributed by atoms with Crippen LogP contribution in [-0.4, -0.2) is 65.9 Å². The highest BCUT2D eigenvalue weighted by molar-refractivity contribution is 5.93. The van der Waals surface area contributed by atoms with E-state index in [1.165, 1.54) is 6.92 Å². The summed E-state index contributed by atoms with van der Waals surface area (Å²) in [6.07, 6.45) is 1.57. The quantitative estimate of drug-likeness (QED) is 0.835. The first kappa shape index (κ1) is 20.4. The van der Waals surface area contributed by atoms with Gasteiger partial charge in [-0.1, -0.05) is 18.2 Å². The average molecular weight is 412 g/mol. The van der Waals surface area contributed by atoms with Crippen LogP contribution in [0.3, 0.4) is 0 Å². The van der Waals surface area contributed by atoms with Gasteiger partial charge in [0.25, 0.3) is 0 Å². The molecule has 0 bridgehead atoms. The van der Waals surface area contributed by atoms with Crippen molar-refractivity contribution in [2.45, 2.75) is 26.7 Å². The number of carbonyl (C=O) groups is 2. The minimum absolute atomic E-state index is 0.0396. The summed E-state index contributed by atoms with van der Waals surface area (Å²) in [4.78, 5) is 28.9. The van der Waals surface area contributed by atoms with Crippen molar-refractivity contribution in [3.63, 3.8) is 0 Å². The van der Waals surface area contributed by atoms with E-state index in [9.17, 15) is 9.59 Å². The van der Waals surface area contributed by atoms with E-state index >= 15 is 0 Å². The molecule has 1 N–H and O–H groups in total. The molecule has 8 heteroatoms. The molecule has 0 radical (unpaired) electrons. The Morgan fingerprint density at radius 3 is 2.37 bits per heavy atom. The lowest BCUT2D eigenvalue weighted by atomic mass is 9.95. The van der Waals surface area contributed by atoms with Crippen LogP contribution in [0, 0.1) is 12.8 Å². The second-order valence-corrected chi connectivity index (χ2v) is 7.91. The van der Waals surface area contributed by atoms with E-state index in [4.69, 9.17) is 9.84 Å². The highest BCUT2D eigenvalue weighted by Gasteiger charge is 2.32.